The van der Waals surface area contributed by atoms with E-state index in [1.165, 1.54) is 0 Å². The highest BCUT2D eigenvalue weighted by molar-refractivity contribution is 5.76. The number of carbonyl (C=O) groups is 2. The fraction of sp³-hybridized carbons (Fsp3) is 0.931. The maximum atomic E-state index is 12.3. The average Bonchev–Trinajstić information content (AvgIpc) is 2.69. The molecule has 1 unspecified atom stereocenters. The van der Waals surface area contributed by atoms with Gasteiger partial charge >= 0.3 is 0 Å². The lowest BCUT2D eigenvalue weighted by atomic mass is 9.73. The normalized spacial score (nSPS) is 14.6. The van der Waals surface area contributed by atoms with Crippen molar-refractivity contribution >= 4 is 11.8 Å². The number of rotatable bonds is 17. The van der Waals surface area contributed by atoms with Crippen molar-refractivity contribution < 1.29 is 9.59 Å². The molecule has 0 spiro atoms. The maximum Gasteiger partial charge on any atom is 0.221 e. The molecule has 6 nitrogen and oxygen atoms in total. The molecule has 208 valence electrons. The van der Waals surface area contributed by atoms with Crippen LogP contribution in [0.3, 0.4) is 0 Å². The third-order valence-corrected chi connectivity index (χ3v) is 6.44. The van der Waals surface area contributed by atoms with Crippen LogP contribution >= 0.6 is 0 Å². The Morgan fingerprint density at radius 1 is 0.714 bits per heavy atom. The first kappa shape index (κ1) is 33.9. The first-order valence-electron chi connectivity index (χ1n) is 13.8. The molecule has 3 N–H and O–H groups in total. The number of nitrogens with zero attached hydrogens (tertiary/aromatic N) is 1. The van der Waals surface area contributed by atoms with E-state index in [2.05, 4.69) is 97.1 Å². The highest BCUT2D eigenvalue weighted by Crippen LogP contribution is 2.35. The second-order valence-electron chi connectivity index (χ2n) is 14.3. The van der Waals surface area contributed by atoms with Crippen molar-refractivity contribution in [2.75, 3.05) is 46.3 Å². The number of hydrogen-bond donors (Lipinski definition) is 3. The molecule has 0 rings (SSSR count). The van der Waals surface area contributed by atoms with Crippen LogP contribution in [0.1, 0.15) is 108 Å². The van der Waals surface area contributed by atoms with E-state index in [0.717, 1.165) is 58.4 Å². The second-order valence-corrected chi connectivity index (χ2v) is 14.3. The summed E-state index contributed by atoms with van der Waals surface area (Å²) in [6, 6.07) is 0. The Bertz CT molecular complexity index is 619. The molecule has 0 heterocycles. The lowest BCUT2D eigenvalue weighted by molar-refractivity contribution is -0.122. The van der Waals surface area contributed by atoms with Gasteiger partial charge in [-0.1, -0.05) is 69.2 Å². The maximum absolute atomic E-state index is 12.3. The average molecular weight is 497 g/mol. The van der Waals surface area contributed by atoms with Crippen molar-refractivity contribution in [1.82, 2.24) is 20.9 Å². The van der Waals surface area contributed by atoms with E-state index in [4.69, 9.17) is 0 Å². The molecule has 6 heteroatoms. The zero-order valence-corrected chi connectivity index (χ0v) is 25.2. The molecule has 1 atom stereocenters. The van der Waals surface area contributed by atoms with E-state index in [1.54, 1.807) is 0 Å². The molecule has 0 aromatic rings. The molecule has 0 saturated heterocycles. The van der Waals surface area contributed by atoms with Gasteiger partial charge in [0.05, 0.1) is 0 Å². The van der Waals surface area contributed by atoms with Crippen LogP contribution in [-0.2, 0) is 9.59 Å². The summed E-state index contributed by atoms with van der Waals surface area (Å²) in [6.07, 6.45) is 5.27. The zero-order chi connectivity index (χ0) is 27.3. The summed E-state index contributed by atoms with van der Waals surface area (Å²) in [7, 11) is 2.06. The lowest BCUT2D eigenvalue weighted by Crippen LogP contribution is -2.38. The van der Waals surface area contributed by atoms with E-state index in [9.17, 15) is 9.59 Å². The van der Waals surface area contributed by atoms with Gasteiger partial charge in [0.15, 0.2) is 0 Å². The Hall–Kier alpha value is -1.14. The Balaban J connectivity index is 3.94. The van der Waals surface area contributed by atoms with Crippen LogP contribution in [0.4, 0.5) is 0 Å². The minimum atomic E-state index is 0.102. The van der Waals surface area contributed by atoms with Gasteiger partial charge in [0.1, 0.15) is 0 Å². The van der Waals surface area contributed by atoms with Crippen LogP contribution < -0.4 is 16.0 Å². The number of nitrogens with one attached hydrogen (secondary N) is 3. The van der Waals surface area contributed by atoms with Gasteiger partial charge in [-0.05, 0) is 67.5 Å². The molecule has 35 heavy (non-hydrogen) atoms. The topological polar surface area (TPSA) is 73.5 Å². The third kappa shape index (κ3) is 19.7. The van der Waals surface area contributed by atoms with E-state index in [-0.39, 0.29) is 33.5 Å². The predicted molar refractivity (Wildman–Crippen MR) is 151 cm³/mol. The summed E-state index contributed by atoms with van der Waals surface area (Å²) in [6.45, 7) is 27.1. The van der Waals surface area contributed by atoms with Crippen molar-refractivity contribution in [3.63, 3.8) is 0 Å². The van der Waals surface area contributed by atoms with Gasteiger partial charge in [-0.25, -0.2) is 0 Å². The largest absolute Gasteiger partial charge is 0.356 e. The summed E-state index contributed by atoms with van der Waals surface area (Å²) < 4.78 is 0. The van der Waals surface area contributed by atoms with Gasteiger partial charge in [-0.3, -0.25) is 9.59 Å². The highest BCUT2D eigenvalue weighted by Gasteiger charge is 2.29. The Kier molecular flexibility index (Phi) is 14.7. The van der Waals surface area contributed by atoms with Crippen molar-refractivity contribution in [2.45, 2.75) is 108 Å². The lowest BCUT2D eigenvalue weighted by Gasteiger charge is -2.35. The van der Waals surface area contributed by atoms with Gasteiger partial charge in [0.2, 0.25) is 11.8 Å². The number of amides is 2. The van der Waals surface area contributed by atoms with Crippen LogP contribution in [-0.4, -0.2) is 63.0 Å². The van der Waals surface area contributed by atoms with E-state index in [0.29, 0.717) is 19.4 Å². The molecule has 0 fully saturated rings. The van der Waals surface area contributed by atoms with Crippen LogP contribution in [0, 0.1) is 21.7 Å². The predicted octanol–water partition coefficient (Wildman–Crippen LogP) is 5.23. The zero-order valence-electron chi connectivity index (χ0n) is 25.2. The minimum absolute atomic E-state index is 0.102. The summed E-state index contributed by atoms with van der Waals surface area (Å²) in [5, 5.41) is 9.63. The Morgan fingerprint density at radius 2 is 1.26 bits per heavy atom. The van der Waals surface area contributed by atoms with Gasteiger partial charge < -0.3 is 20.9 Å². The van der Waals surface area contributed by atoms with Gasteiger partial charge in [-0.2, -0.15) is 0 Å². The van der Waals surface area contributed by atoms with Crippen LogP contribution in [0.5, 0.6) is 0 Å². The van der Waals surface area contributed by atoms with Gasteiger partial charge in [-0.15, -0.1) is 0 Å². The quantitative estimate of drug-likeness (QED) is 0.241. The summed E-state index contributed by atoms with van der Waals surface area (Å²) in [4.78, 5) is 26.7. The monoisotopic (exact) mass is 496 g/mol. The summed E-state index contributed by atoms with van der Waals surface area (Å²) in [5.74, 6) is 0.254. The van der Waals surface area contributed by atoms with Crippen LogP contribution in [0.25, 0.3) is 0 Å². The summed E-state index contributed by atoms with van der Waals surface area (Å²) in [5.41, 5.74) is 0.766. The van der Waals surface area contributed by atoms with Crippen molar-refractivity contribution in [3.05, 3.63) is 0 Å². The second kappa shape index (κ2) is 15.2. The van der Waals surface area contributed by atoms with Crippen LogP contribution in [0.15, 0.2) is 0 Å². The van der Waals surface area contributed by atoms with E-state index < -0.39 is 0 Å². The third-order valence-electron chi connectivity index (χ3n) is 6.44. The number of hydrogen-bond acceptors (Lipinski definition) is 4. The summed E-state index contributed by atoms with van der Waals surface area (Å²) >= 11 is 0. The molecule has 0 bridgehead atoms. The molecular formula is C29H60N4O2. The van der Waals surface area contributed by atoms with Crippen molar-refractivity contribution in [2.24, 2.45) is 21.7 Å². The fourth-order valence-corrected chi connectivity index (χ4v) is 5.12. The molecule has 2 amide bonds. The fourth-order valence-electron chi connectivity index (χ4n) is 5.12. The Labute approximate surface area is 218 Å². The number of carbonyl (C=O) groups excluding carboxylic acids is 2. The SMILES string of the molecule is CCC(C)(CNC(=O)CCNCCCN(C)CCC(=O)NCC(C)(C)CC(C)(C)C)CC(C)(C)C. The smallest absolute Gasteiger partial charge is 0.221 e. The molecular weight excluding hydrogens is 436 g/mol. The molecule has 0 aliphatic carbocycles. The van der Waals surface area contributed by atoms with Gasteiger partial charge in [0.25, 0.3) is 0 Å². The Morgan fingerprint density at radius 3 is 1.80 bits per heavy atom. The first-order chi connectivity index (χ1) is 15.9. The highest BCUT2D eigenvalue weighted by atomic mass is 16.2. The molecule has 0 aromatic heterocycles. The van der Waals surface area contributed by atoms with Crippen LogP contribution in [0.2, 0.25) is 0 Å². The van der Waals surface area contributed by atoms with Crippen molar-refractivity contribution in [3.8, 4) is 0 Å². The molecule has 0 saturated carbocycles. The van der Waals surface area contributed by atoms with Gasteiger partial charge in [0, 0.05) is 39.0 Å². The minimum Gasteiger partial charge on any atom is -0.356 e. The van der Waals surface area contributed by atoms with E-state index in [1.807, 2.05) is 0 Å². The first-order valence-corrected chi connectivity index (χ1v) is 13.8. The molecule has 0 radical (unpaired) electrons. The van der Waals surface area contributed by atoms with Crippen molar-refractivity contribution in [1.29, 1.82) is 0 Å². The standard InChI is InChI=1S/C29H60N4O2/c1-12-29(10,21-27(5,6)7)23-32-24(34)14-17-30-16-13-18-33(11)19-15-25(35)31-22-28(8,9)20-26(2,3)4/h30H,12-23H2,1-11H3,(H,31,35)(H,32,34). The molecule has 0 aliphatic heterocycles. The molecule has 0 aromatic carbocycles. The van der Waals surface area contributed by atoms with E-state index >= 15 is 0 Å². The molecule has 0 aliphatic rings.